The number of anilines is 1. The highest BCUT2D eigenvalue weighted by molar-refractivity contribution is 7.89. The Labute approximate surface area is 200 Å². The Morgan fingerprint density at radius 2 is 1.94 bits per heavy atom. The van der Waals surface area contributed by atoms with Gasteiger partial charge in [-0.2, -0.15) is 4.31 Å². The lowest BCUT2D eigenvalue weighted by Gasteiger charge is -2.31. The molecule has 2 aromatic carbocycles. The normalized spacial score (nSPS) is 17.1. The van der Waals surface area contributed by atoms with E-state index in [9.17, 15) is 13.2 Å². The number of piperidine rings is 1. The number of aromatic nitrogens is 3. The predicted molar refractivity (Wildman–Crippen MR) is 132 cm³/mol. The second-order valence-electron chi connectivity index (χ2n) is 8.94. The summed E-state index contributed by atoms with van der Waals surface area (Å²) in [6.07, 6.45) is 2.22. The van der Waals surface area contributed by atoms with Crippen molar-refractivity contribution in [2.45, 2.75) is 44.2 Å². The van der Waals surface area contributed by atoms with E-state index in [2.05, 4.69) is 22.6 Å². The third-order valence-electron chi connectivity index (χ3n) is 6.23. The highest BCUT2D eigenvalue weighted by Gasteiger charge is 2.33. The second kappa shape index (κ2) is 10.1. The number of benzene rings is 2. The molecule has 0 spiro atoms. The van der Waals surface area contributed by atoms with Crippen LogP contribution in [-0.2, 0) is 27.9 Å². The third-order valence-corrected chi connectivity index (χ3v) is 8.09. The topological polar surface area (TPSA) is 100 Å². The molecule has 0 bridgehead atoms. The second-order valence-corrected chi connectivity index (χ2v) is 10.9. The average Bonchev–Trinajstić information content (AvgIpc) is 3.25. The first kappa shape index (κ1) is 24.2. The van der Waals surface area contributed by atoms with Gasteiger partial charge in [-0.05, 0) is 55.2 Å². The van der Waals surface area contributed by atoms with Gasteiger partial charge in [0, 0.05) is 46.0 Å². The lowest BCUT2D eigenvalue weighted by Crippen LogP contribution is -2.45. The van der Waals surface area contributed by atoms with Crippen molar-refractivity contribution in [3.8, 4) is 0 Å². The molecule has 1 saturated heterocycles. The molecule has 1 aliphatic rings. The Hall–Kier alpha value is -2.98. The fourth-order valence-electron chi connectivity index (χ4n) is 4.26. The van der Waals surface area contributed by atoms with E-state index in [1.165, 1.54) is 4.31 Å². The first-order chi connectivity index (χ1) is 16.3. The van der Waals surface area contributed by atoms with E-state index in [1.54, 1.807) is 22.9 Å². The van der Waals surface area contributed by atoms with Gasteiger partial charge in [0.1, 0.15) is 5.52 Å². The van der Waals surface area contributed by atoms with Gasteiger partial charge >= 0.3 is 0 Å². The van der Waals surface area contributed by atoms with E-state index in [1.807, 2.05) is 43.3 Å². The van der Waals surface area contributed by atoms with Crippen molar-refractivity contribution in [1.29, 1.82) is 0 Å². The van der Waals surface area contributed by atoms with Gasteiger partial charge < -0.3 is 10.2 Å². The van der Waals surface area contributed by atoms with Crippen LogP contribution in [0.2, 0.25) is 0 Å². The number of hydrogen-bond acceptors (Lipinski definition) is 6. The number of rotatable bonds is 8. The molecular weight excluding hydrogens is 452 g/mol. The van der Waals surface area contributed by atoms with Crippen LogP contribution in [0.25, 0.3) is 11.0 Å². The molecular formula is C24H32N6O3S. The van der Waals surface area contributed by atoms with Crippen LogP contribution in [0.15, 0.2) is 47.4 Å². The lowest BCUT2D eigenvalue weighted by atomic mass is 9.99. The number of carbonyl (C=O) groups is 1. The Balaban J connectivity index is 1.42. The maximum atomic E-state index is 13.3. The zero-order chi connectivity index (χ0) is 24.3. The van der Waals surface area contributed by atoms with Gasteiger partial charge in [0.15, 0.2) is 0 Å². The summed E-state index contributed by atoms with van der Waals surface area (Å²) in [6, 6.07) is 12.9. The quantitative estimate of drug-likeness (QED) is 0.528. The number of aryl methyl sites for hydroxylation is 1. The molecule has 10 heteroatoms. The van der Waals surface area contributed by atoms with Gasteiger partial charge in [-0.25, -0.2) is 13.1 Å². The summed E-state index contributed by atoms with van der Waals surface area (Å²) in [6.45, 7) is 3.77. The van der Waals surface area contributed by atoms with Crippen LogP contribution in [0.4, 0.5) is 5.69 Å². The van der Waals surface area contributed by atoms with Crippen molar-refractivity contribution in [2.75, 3.05) is 32.1 Å². The summed E-state index contributed by atoms with van der Waals surface area (Å²) in [5.41, 5.74) is 3.47. The monoisotopic (exact) mass is 484 g/mol. The molecule has 1 aliphatic heterocycles. The number of nitrogens with zero attached hydrogens (tertiary/aromatic N) is 5. The fraction of sp³-hybridized carbons (Fsp3) is 0.458. The van der Waals surface area contributed by atoms with Crippen LogP contribution in [-0.4, -0.2) is 60.8 Å². The maximum absolute atomic E-state index is 13.3. The average molecular weight is 485 g/mol. The van der Waals surface area contributed by atoms with E-state index in [0.29, 0.717) is 31.4 Å². The molecule has 4 rings (SSSR count). The van der Waals surface area contributed by atoms with Crippen LogP contribution in [0.3, 0.4) is 0 Å². The van der Waals surface area contributed by atoms with Gasteiger partial charge in [-0.15, -0.1) is 5.10 Å². The van der Waals surface area contributed by atoms with E-state index < -0.39 is 10.0 Å². The molecule has 1 atom stereocenters. The molecule has 3 aromatic rings. The highest BCUT2D eigenvalue weighted by atomic mass is 32.2. The van der Waals surface area contributed by atoms with Crippen LogP contribution < -0.4 is 10.2 Å². The molecule has 0 unspecified atom stereocenters. The van der Waals surface area contributed by atoms with Crippen molar-refractivity contribution in [1.82, 2.24) is 24.6 Å². The number of amides is 1. The van der Waals surface area contributed by atoms with Crippen molar-refractivity contribution in [3.63, 3.8) is 0 Å². The smallest absolute Gasteiger partial charge is 0.243 e. The summed E-state index contributed by atoms with van der Waals surface area (Å²) in [7, 11) is 0.228. The van der Waals surface area contributed by atoms with Crippen molar-refractivity contribution in [3.05, 3.63) is 48.0 Å². The first-order valence-electron chi connectivity index (χ1n) is 11.7. The molecule has 2 heterocycles. The molecule has 0 aliphatic carbocycles. The van der Waals surface area contributed by atoms with Crippen LogP contribution in [0.5, 0.6) is 0 Å². The lowest BCUT2D eigenvalue weighted by molar-refractivity contribution is -0.126. The highest BCUT2D eigenvalue weighted by Crippen LogP contribution is 2.26. The summed E-state index contributed by atoms with van der Waals surface area (Å²) < 4.78 is 29.9. The van der Waals surface area contributed by atoms with Crippen molar-refractivity contribution in [2.24, 2.45) is 5.92 Å². The molecule has 1 fully saturated rings. The van der Waals surface area contributed by atoms with Crippen LogP contribution in [0.1, 0.15) is 31.7 Å². The Bertz CT molecular complexity index is 1250. The molecule has 1 aromatic heterocycles. The number of nitrogens with one attached hydrogen (secondary N) is 1. The zero-order valence-corrected chi connectivity index (χ0v) is 20.8. The Morgan fingerprint density at radius 1 is 1.18 bits per heavy atom. The SMILES string of the molecule is CCCn1nnc2cc(S(=O)(=O)N3CCC[C@H](C(=O)NCc4ccc(N(C)C)cc4)C3)ccc21. The van der Waals surface area contributed by atoms with Crippen LogP contribution >= 0.6 is 0 Å². The van der Waals surface area contributed by atoms with Crippen LogP contribution in [0, 0.1) is 5.92 Å². The van der Waals surface area contributed by atoms with Gasteiger partial charge in [-0.1, -0.05) is 24.3 Å². The number of sulfonamides is 1. The van der Waals surface area contributed by atoms with Crippen molar-refractivity contribution < 1.29 is 13.2 Å². The van der Waals surface area contributed by atoms with E-state index in [4.69, 9.17) is 0 Å². The molecule has 0 saturated carbocycles. The minimum atomic E-state index is -3.73. The molecule has 9 nitrogen and oxygen atoms in total. The summed E-state index contributed by atoms with van der Waals surface area (Å²) in [4.78, 5) is 15.0. The van der Waals surface area contributed by atoms with E-state index >= 15 is 0 Å². The van der Waals surface area contributed by atoms with Gasteiger partial charge in [-0.3, -0.25) is 4.79 Å². The molecule has 34 heavy (non-hydrogen) atoms. The summed E-state index contributed by atoms with van der Waals surface area (Å²) in [5.74, 6) is -0.492. The minimum Gasteiger partial charge on any atom is -0.378 e. The summed E-state index contributed by atoms with van der Waals surface area (Å²) in [5, 5.41) is 11.2. The van der Waals surface area contributed by atoms with Gasteiger partial charge in [0.05, 0.1) is 16.3 Å². The molecule has 1 N–H and O–H groups in total. The largest absolute Gasteiger partial charge is 0.378 e. The number of fused-ring (bicyclic) bond motifs is 1. The van der Waals surface area contributed by atoms with E-state index in [-0.39, 0.29) is 23.3 Å². The maximum Gasteiger partial charge on any atom is 0.243 e. The third kappa shape index (κ3) is 5.07. The number of hydrogen-bond donors (Lipinski definition) is 1. The molecule has 1 amide bonds. The van der Waals surface area contributed by atoms with Crippen molar-refractivity contribution >= 4 is 32.7 Å². The van der Waals surface area contributed by atoms with E-state index in [0.717, 1.165) is 29.7 Å². The summed E-state index contributed by atoms with van der Waals surface area (Å²) >= 11 is 0. The molecule has 0 radical (unpaired) electrons. The minimum absolute atomic E-state index is 0.116. The standard InChI is InChI=1S/C24H32N6O3S/c1-4-13-30-23-12-11-21(15-22(23)26-27-30)34(32,33)29-14-5-6-19(17-29)24(31)25-16-18-7-9-20(10-8-18)28(2)3/h7-12,15,19H,4-6,13-14,16-17H2,1-3H3,(H,25,31)/t19-/m0/s1. The number of carbonyl (C=O) groups excluding carboxylic acids is 1. The van der Waals surface area contributed by atoms with Gasteiger partial charge in [0.25, 0.3) is 0 Å². The fourth-order valence-corrected chi connectivity index (χ4v) is 5.80. The van der Waals surface area contributed by atoms with Gasteiger partial charge in [0.2, 0.25) is 15.9 Å². The Kier molecular flexibility index (Phi) is 7.18. The zero-order valence-electron chi connectivity index (χ0n) is 19.9. The first-order valence-corrected chi connectivity index (χ1v) is 13.1. The molecule has 182 valence electrons. The predicted octanol–water partition coefficient (Wildman–Crippen LogP) is 2.62. The Morgan fingerprint density at radius 3 is 2.65 bits per heavy atom.